The number of aliphatic hydroxyl groups is 1. The van der Waals surface area contributed by atoms with Gasteiger partial charge in [-0.2, -0.15) is 39.5 Å². The summed E-state index contributed by atoms with van der Waals surface area (Å²) >= 11 is 0. The van der Waals surface area contributed by atoms with Crippen LogP contribution in [0.25, 0.3) is 0 Å². The molecule has 3 aliphatic carbocycles. The molecule has 5 unspecified atom stereocenters. The molecule has 4 nitrogen and oxygen atoms in total. The van der Waals surface area contributed by atoms with Crippen molar-refractivity contribution < 1.29 is 59.3 Å². The highest BCUT2D eigenvalue weighted by atomic mass is 19.4. The molecule has 284 valence electrons. The largest absolute Gasteiger partial charge is 0.508 e. The Morgan fingerprint density at radius 1 is 0.960 bits per heavy atom. The Bertz CT molecular complexity index is 1350. The molecule has 4 rings (SSSR count). The number of esters is 1. The van der Waals surface area contributed by atoms with Crippen LogP contribution in [0.2, 0.25) is 0 Å². The van der Waals surface area contributed by atoms with Crippen molar-refractivity contribution in [1.29, 1.82) is 0 Å². The molecule has 0 aliphatic heterocycles. The second-order valence-electron chi connectivity index (χ2n) is 15.0. The first-order valence-electron chi connectivity index (χ1n) is 17.7. The van der Waals surface area contributed by atoms with Crippen molar-refractivity contribution in [2.24, 2.45) is 29.1 Å². The predicted molar refractivity (Wildman–Crippen MR) is 169 cm³/mol. The third-order valence-electron chi connectivity index (χ3n) is 12.1. The molecule has 13 heteroatoms. The Hall–Kier alpha value is -2.44. The number of methoxy groups -OCH3 is 1. The van der Waals surface area contributed by atoms with Crippen LogP contribution in [-0.4, -0.2) is 53.3 Å². The molecule has 0 amide bonds. The van der Waals surface area contributed by atoms with E-state index in [1.54, 1.807) is 6.07 Å². The zero-order valence-corrected chi connectivity index (χ0v) is 28.6. The SMILES string of the molecule is C=C1[C@H](O)CC2C3C(CCCCCCCCCC(CCC(F)(F)C(F)(F)C(F)(F)C(F)(F)F)C(=O)OC)Cc4cc(O)ccc4C3CC[C@]12C. The Morgan fingerprint density at radius 2 is 1.58 bits per heavy atom. The normalized spacial score (nSPS) is 27.8. The summed E-state index contributed by atoms with van der Waals surface area (Å²) in [6.45, 7) is 6.52. The molecule has 3 aliphatic rings. The topological polar surface area (TPSA) is 66.8 Å². The van der Waals surface area contributed by atoms with Crippen LogP contribution >= 0.6 is 0 Å². The zero-order valence-electron chi connectivity index (χ0n) is 28.6. The monoisotopic (exact) mass is 728 g/mol. The van der Waals surface area contributed by atoms with E-state index in [0.29, 0.717) is 36.5 Å². The van der Waals surface area contributed by atoms with E-state index in [-0.39, 0.29) is 17.6 Å². The average Bonchev–Trinajstić information content (AvgIpc) is 3.27. The molecule has 2 N–H and O–H groups in total. The fraction of sp³-hybridized carbons (Fsp3) is 0.757. The fourth-order valence-electron chi connectivity index (χ4n) is 9.13. The first kappa shape index (κ1) is 40.3. The van der Waals surface area contributed by atoms with Gasteiger partial charge in [-0.05, 0) is 103 Å². The fourth-order valence-corrected chi connectivity index (χ4v) is 9.13. The highest BCUT2D eigenvalue weighted by Crippen LogP contribution is 2.64. The number of benzene rings is 1. The van der Waals surface area contributed by atoms with E-state index in [9.17, 15) is 54.5 Å². The highest BCUT2D eigenvalue weighted by molar-refractivity contribution is 5.72. The van der Waals surface area contributed by atoms with E-state index >= 15 is 0 Å². The van der Waals surface area contributed by atoms with Gasteiger partial charge in [0.25, 0.3) is 0 Å². The van der Waals surface area contributed by atoms with Crippen molar-refractivity contribution in [1.82, 2.24) is 0 Å². The number of unbranched alkanes of at least 4 members (excludes halogenated alkanes) is 6. The van der Waals surface area contributed by atoms with E-state index in [1.165, 1.54) is 11.1 Å². The van der Waals surface area contributed by atoms with Crippen molar-refractivity contribution in [2.75, 3.05) is 7.11 Å². The molecule has 0 bridgehead atoms. The summed E-state index contributed by atoms with van der Waals surface area (Å²) in [5.41, 5.74) is 3.36. The Labute approximate surface area is 287 Å². The summed E-state index contributed by atoms with van der Waals surface area (Å²) in [4.78, 5) is 12.1. The maximum absolute atomic E-state index is 14.0. The van der Waals surface area contributed by atoms with Crippen LogP contribution < -0.4 is 0 Å². The summed E-state index contributed by atoms with van der Waals surface area (Å²) in [6.07, 6.45) is -0.567. The van der Waals surface area contributed by atoms with Crippen molar-refractivity contribution in [3.63, 3.8) is 0 Å². The summed E-state index contributed by atoms with van der Waals surface area (Å²) in [7, 11) is 0.941. The average molecular weight is 729 g/mol. The standard InChI is InChI=1S/C37H49F9O4/c1-22-30(48)21-29-31-24(19-25-20-26(47)13-14-27(25)28(31)16-17-33(22,29)2)12-10-8-6-4-5-7-9-11-23(32(49)50-3)15-18-34(38,39)35(40,41)36(42,43)37(44,45)46/h13-14,20,23-24,28-31,47-48H,1,4-12,15-19,21H2,2-3H3/t23?,24?,28?,29?,30-,31?,33-/m1/s1. The van der Waals surface area contributed by atoms with Gasteiger partial charge < -0.3 is 14.9 Å². The highest BCUT2D eigenvalue weighted by Gasteiger charge is 2.81. The van der Waals surface area contributed by atoms with Crippen LogP contribution in [0.5, 0.6) is 5.75 Å². The molecule has 2 fully saturated rings. The van der Waals surface area contributed by atoms with Gasteiger partial charge in [0.2, 0.25) is 0 Å². The number of aliphatic hydroxyl groups excluding tert-OH is 1. The van der Waals surface area contributed by atoms with E-state index in [1.807, 2.05) is 6.07 Å². The Balaban J connectivity index is 1.23. The van der Waals surface area contributed by atoms with Gasteiger partial charge in [-0.25, -0.2) is 0 Å². The van der Waals surface area contributed by atoms with E-state index in [4.69, 9.17) is 0 Å². The van der Waals surface area contributed by atoms with Gasteiger partial charge in [-0.1, -0.05) is 64.5 Å². The van der Waals surface area contributed by atoms with Crippen LogP contribution in [0.4, 0.5) is 39.5 Å². The van der Waals surface area contributed by atoms with E-state index in [2.05, 4.69) is 24.3 Å². The molecule has 0 aromatic heterocycles. The van der Waals surface area contributed by atoms with Crippen LogP contribution in [0, 0.1) is 29.1 Å². The second kappa shape index (κ2) is 15.3. The number of carbonyl (C=O) groups is 1. The number of hydrogen-bond acceptors (Lipinski definition) is 4. The van der Waals surface area contributed by atoms with Crippen LogP contribution in [-0.2, 0) is 16.0 Å². The third kappa shape index (κ3) is 7.82. The van der Waals surface area contributed by atoms with Crippen molar-refractivity contribution in [2.45, 2.75) is 139 Å². The van der Waals surface area contributed by atoms with Gasteiger partial charge in [0.15, 0.2) is 0 Å². The molecule has 0 radical (unpaired) electrons. The van der Waals surface area contributed by atoms with Crippen LogP contribution in [0.15, 0.2) is 30.4 Å². The lowest BCUT2D eigenvalue weighted by Crippen LogP contribution is -2.60. The van der Waals surface area contributed by atoms with Crippen molar-refractivity contribution in [3.8, 4) is 5.75 Å². The maximum Gasteiger partial charge on any atom is 0.460 e. The molecule has 1 aromatic carbocycles. The quantitative estimate of drug-likeness (QED) is 0.0770. The maximum atomic E-state index is 14.0. The van der Waals surface area contributed by atoms with Crippen molar-refractivity contribution in [3.05, 3.63) is 41.5 Å². The summed E-state index contributed by atoms with van der Waals surface area (Å²) < 4.78 is 124. The number of phenolic OH excluding ortho intramolecular Hbond substituents is 1. The molecular formula is C37H49F9O4. The number of hydrogen-bond donors (Lipinski definition) is 2. The number of aromatic hydroxyl groups is 1. The number of rotatable bonds is 16. The summed E-state index contributed by atoms with van der Waals surface area (Å²) in [6, 6.07) is 5.70. The number of carbonyl (C=O) groups excluding carboxylic acids is 1. The lowest BCUT2D eigenvalue weighted by molar-refractivity contribution is -0.396. The van der Waals surface area contributed by atoms with Gasteiger partial charge in [-0.3, -0.25) is 4.79 Å². The number of ether oxygens (including phenoxy) is 1. The van der Waals surface area contributed by atoms with Crippen molar-refractivity contribution >= 4 is 5.97 Å². The van der Waals surface area contributed by atoms with Gasteiger partial charge >= 0.3 is 29.9 Å². The minimum Gasteiger partial charge on any atom is -0.508 e. The van der Waals surface area contributed by atoms with Crippen LogP contribution in [0.1, 0.15) is 114 Å². The minimum atomic E-state index is -6.95. The zero-order chi connectivity index (χ0) is 37.3. The van der Waals surface area contributed by atoms with Gasteiger partial charge in [0, 0.05) is 6.42 Å². The van der Waals surface area contributed by atoms with Gasteiger partial charge in [0.1, 0.15) is 5.75 Å². The first-order valence-corrected chi connectivity index (χ1v) is 17.7. The smallest absolute Gasteiger partial charge is 0.460 e. The summed E-state index contributed by atoms with van der Waals surface area (Å²) in [5, 5.41) is 21.0. The molecule has 7 atom stereocenters. The second-order valence-corrected chi connectivity index (χ2v) is 15.0. The number of halogens is 9. The lowest BCUT2D eigenvalue weighted by atomic mass is 9.52. The molecule has 2 saturated carbocycles. The molecule has 0 heterocycles. The molecule has 50 heavy (non-hydrogen) atoms. The predicted octanol–water partition coefficient (Wildman–Crippen LogP) is 10.5. The van der Waals surface area contributed by atoms with E-state index < -0.39 is 54.8 Å². The lowest BCUT2D eigenvalue weighted by Gasteiger charge is -2.52. The Morgan fingerprint density at radius 3 is 2.20 bits per heavy atom. The summed E-state index contributed by atoms with van der Waals surface area (Å²) in [5.74, 6) is -20.0. The molecular weight excluding hydrogens is 679 g/mol. The first-order chi connectivity index (χ1) is 23.2. The van der Waals surface area contributed by atoms with Gasteiger partial charge in [-0.15, -0.1) is 0 Å². The van der Waals surface area contributed by atoms with E-state index in [0.717, 1.165) is 76.9 Å². The molecule has 0 saturated heterocycles. The minimum absolute atomic E-state index is 0.0630. The third-order valence-corrected chi connectivity index (χ3v) is 12.1. The Kier molecular flexibility index (Phi) is 12.3. The molecule has 1 aromatic rings. The number of fused-ring (bicyclic) bond motifs is 5. The number of alkyl halides is 9. The molecule has 0 spiro atoms. The van der Waals surface area contributed by atoms with Crippen LogP contribution in [0.3, 0.4) is 0 Å². The number of phenols is 1. The van der Waals surface area contributed by atoms with Gasteiger partial charge in [0.05, 0.1) is 19.1 Å².